The number of hydrogen-bond donors (Lipinski definition) is 0. The Morgan fingerprint density at radius 2 is 1.74 bits per heavy atom. The maximum Gasteiger partial charge on any atom is 0.196 e. The molecule has 0 spiro atoms. The minimum Gasteiger partial charge on any atom is -0.381 e. The van der Waals surface area contributed by atoms with E-state index in [0.29, 0.717) is 12.0 Å². The van der Waals surface area contributed by atoms with Crippen molar-refractivity contribution in [1.29, 1.82) is 0 Å². The molecular weight excluding hydrogens is 588 g/mol. The Kier molecular flexibility index (Phi) is 7.63. The topological polar surface area (TPSA) is 71.1 Å². The van der Waals surface area contributed by atoms with Crippen molar-refractivity contribution in [3.8, 4) is 0 Å². The van der Waals surface area contributed by atoms with Crippen molar-refractivity contribution in [3.05, 3.63) is 22.8 Å². The largest absolute Gasteiger partial charge is 0.381 e. The van der Waals surface area contributed by atoms with Gasteiger partial charge in [0.05, 0.1) is 14.9 Å². The van der Waals surface area contributed by atoms with Gasteiger partial charge in [0.2, 0.25) is 0 Å². The third kappa shape index (κ3) is 4.23. The zero-order valence-corrected chi connectivity index (χ0v) is 32.2. The van der Waals surface area contributed by atoms with Crippen LogP contribution in [0.15, 0.2) is 22.8 Å². The first-order valence-electron chi connectivity index (χ1n) is 19.9. The summed E-state index contributed by atoms with van der Waals surface area (Å²) in [5.74, 6) is -1.69. The molecule has 0 aromatic rings. The van der Waals surface area contributed by atoms with Crippen LogP contribution in [0.2, 0.25) is 0 Å². The summed E-state index contributed by atoms with van der Waals surface area (Å²) in [7, 11) is 3.09. The van der Waals surface area contributed by atoms with Crippen molar-refractivity contribution in [2.75, 3.05) is 14.2 Å². The summed E-state index contributed by atoms with van der Waals surface area (Å²) in [6.45, 7) is 28.7. The smallest absolute Gasteiger partial charge is 0.196 e. The Bertz CT molecular complexity index is 1550. The molecular formula is C41H66O6. The van der Waals surface area contributed by atoms with Gasteiger partial charge < -0.3 is 18.9 Å². The van der Waals surface area contributed by atoms with E-state index in [2.05, 4.69) is 76.2 Å². The van der Waals surface area contributed by atoms with Crippen LogP contribution in [0.4, 0.5) is 0 Å². The molecule has 1 aliphatic heterocycles. The summed E-state index contributed by atoms with van der Waals surface area (Å²) >= 11 is 0. The van der Waals surface area contributed by atoms with Crippen molar-refractivity contribution in [3.63, 3.8) is 0 Å². The summed E-state index contributed by atoms with van der Waals surface area (Å²) in [4.78, 5) is 29.3. The summed E-state index contributed by atoms with van der Waals surface area (Å²) in [5.41, 5.74) is -5.33. The second-order valence-corrected chi connectivity index (χ2v) is 18.4. The summed E-state index contributed by atoms with van der Waals surface area (Å²) in [6.07, 6.45) is -3.82. The Labute approximate surface area is 291 Å². The van der Waals surface area contributed by atoms with Crippen LogP contribution in [0.1, 0.15) is 134 Å². The van der Waals surface area contributed by atoms with E-state index in [9.17, 15) is 10.3 Å². The fourth-order valence-electron chi connectivity index (χ4n) is 12.9. The first kappa shape index (κ1) is 31.6. The van der Waals surface area contributed by atoms with Crippen molar-refractivity contribution in [1.82, 2.24) is 0 Å². The first-order valence-corrected chi connectivity index (χ1v) is 17.9. The number of fused-ring (bicyclic) bond motifs is 7. The molecule has 0 bridgehead atoms. The molecule has 0 aromatic carbocycles. The van der Waals surface area contributed by atoms with E-state index in [1.165, 1.54) is 14.0 Å². The SMILES string of the molecule is [2H]C1=C2C([2H])([2H])C[C@]3(C)[C@H]([C@@H](OC)C(C)(C)[C@@]4(C(C)(C)C)[C@H]3C[C@H]3OC(C(C)CCC)O[C@]34C(=O)C([2H])(C)OC)[C@@]2(C(C)(C)C)C(C)=C(C)C1=O. The summed E-state index contributed by atoms with van der Waals surface area (Å²) in [6, 6.07) is -0.250. The van der Waals surface area contributed by atoms with Crippen LogP contribution >= 0.6 is 0 Å². The van der Waals surface area contributed by atoms with E-state index < -0.39 is 86.5 Å². The average Bonchev–Trinajstić information content (AvgIpc) is 3.52. The van der Waals surface area contributed by atoms with Gasteiger partial charge in [-0.3, -0.25) is 9.59 Å². The van der Waals surface area contributed by atoms with Gasteiger partial charge in [-0.25, -0.2) is 0 Å². The maximum absolute atomic E-state index is 15.5. The van der Waals surface area contributed by atoms with Gasteiger partial charge in [-0.05, 0) is 80.2 Å². The van der Waals surface area contributed by atoms with Gasteiger partial charge in [0.25, 0.3) is 0 Å². The Morgan fingerprint density at radius 3 is 2.26 bits per heavy atom. The second-order valence-electron chi connectivity index (χ2n) is 18.4. The number of hydrogen-bond acceptors (Lipinski definition) is 6. The van der Waals surface area contributed by atoms with Crippen LogP contribution in [-0.4, -0.2) is 56.0 Å². The van der Waals surface area contributed by atoms with Crippen molar-refractivity contribution < 1.29 is 34.0 Å². The van der Waals surface area contributed by atoms with Crippen LogP contribution in [-0.2, 0) is 28.5 Å². The molecule has 1 heterocycles. The number of Topliss-reactive ketones (excluding diaryl/α,β-unsaturated/α-hetero) is 1. The molecule has 5 rings (SSSR count). The highest BCUT2D eigenvalue weighted by molar-refractivity contribution is 6.06. The van der Waals surface area contributed by atoms with Crippen LogP contribution < -0.4 is 0 Å². The maximum atomic E-state index is 15.5. The normalized spacial score (nSPS) is 45.9. The first-order chi connectivity index (χ1) is 23.0. The van der Waals surface area contributed by atoms with E-state index in [0.717, 1.165) is 18.4 Å². The lowest BCUT2D eigenvalue weighted by Crippen LogP contribution is -2.79. The molecule has 6 nitrogen and oxygen atoms in total. The predicted molar refractivity (Wildman–Crippen MR) is 187 cm³/mol. The number of allylic oxidation sites excluding steroid dienone is 4. The number of ketones is 2. The minimum absolute atomic E-state index is 0.0137. The van der Waals surface area contributed by atoms with E-state index in [1.54, 1.807) is 14.0 Å². The molecule has 266 valence electrons. The quantitative estimate of drug-likeness (QED) is 0.272. The Balaban J connectivity index is 1.98. The lowest BCUT2D eigenvalue weighted by Gasteiger charge is -2.76. The van der Waals surface area contributed by atoms with E-state index in [1.807, 2.05) is 6.92 Å². The number of ether oxygens (including phenoxy) is 4. The van der Waals surface area contributed by atoms with Crippen LogP contribution in [0.5, 0.6) is 0 Å². The van der Waals surface area contributed by atoms with Gasteiger partial charge in [-0.2, -0.15) is 0 Å². The number of carbonyl (C=O) groups is 2. The van der Waals surface area contributed by atoms with Crippen molar-refractivity contribution in [2.45, 2.75) is 159 Å². The molecule has 47 heavy (non-hydrogen) atoms. The van der Waals surface area contributed by atoms with Gasteiger partial charge in [0.1, 0.15) is 6.08 Å². The molecule has 4 aliphatic carbocycles. The fourth-order valence-corrected chi connectivity index (χ4v) is 12.9. The minimum atomic E-state index is -2.04. The summed E-state index contributed by atoms with van der Waals surface area (Å²) in [5, 5.41) is 0. The zero-order valence-electron chi connectivity index (χ0n) is 36.2. The van der Waals surface area contributed by atoms with Gasteiger partial charge in [-0.15, -0.1) is 0 Å². The lowest BCUT2D eigenvalue weighted by atomic mass is 9.28. The third-order valence-electron chi connectivity index (χ3n) is 14.2. The Hall–Kier alpha value is -1.34. The molecule has 3 unspecified atom stereocenters. The van der Waals surface area contributed by atoms with E-state index >= 15 is 4.79 Å². The number of methoxy groups -OCH3 is 2. The average molecular weight is 659 g/mol. The molecule has 3 saturated carbocycles. The standard InChI is InChI=1S/C41H66O6/c1-17-18-23(2)34-46-30-22-29-38(14)20-19-27-21-28(42)24(3)25(4)39(27,35(6,7)8)31(38)33(45-16)37(12,13)41(29,36(9,10)11)40(30,47-34)32(43)26(5)44-15/h21,23,26,29-31,33-34H,17-20,22H2,1-16H3/t23?,26?,29-,30+,31-,33+,34?,38-,39+,40-,41-/m0/s1/i19D2,21D,26D. The molecule has 4 fully saturated rings. The molecule has 0 N–H and O–H groups in total. The Morgan fingerprint density at radius 1 is 1.13 bits per heavy atom. The molecule has 6 heteroatoms. The number of rotatable bonds is 7. The molecule has 1 saturated heterocycles. The predicted octanol–water partition coefficient (Wildman–Crippen LogP) is 8.91. The zero-order chi connectivity index (χ0) is 39.1. The second kappa shape index (κ2) is 11.3. The van der Waals surface area contributed by atoms with Gasteiger partial charge >= 0.3 is 0 Å². The third-order valence-corrected chi connectivity index (χ3v) is 14.2. The van der Waals surface area contributed by atoms with Crippen molar-refractivity contribution >= 4 is 11.6 Å². The highest BCUT2D eigenvalue weighted by atomic mass is 16.7. The highest BCUT2D eigenvalue weighted by Gasteiger charge is 2.88. The molecule has 0 radical (unpaired) electrons. The highest BCUT2D eigenvalue weighted by Crippen LogP contribution is 2.84. The molecule has 5 aliphatic rings. The number of carbonyl (C=O) groups excluding carboxylic acids is 2. The van der Waals surface area contributed by atoms with E-state index in [-0.39, 0.29) is 29.9 Å². The summed E-state index contributed by atoms with van der Waals surface area (Å²) < 4.78 is 65.3. The van der Waals surface area contributed by atoms with Crippen molar-refractivity contribution in [2.24, 2.45) is 50.2 Å². The van der Waals surface area contributed by atoms with Gasteiger partial charge in [0.15, 0.2) is 23.5 Å². The van der Waals surface area contributed by atoms with Crippen LogP contribution in [0, 0.1) is 50.2 Å². The molecule has 0 amide bonds. The lowest BCUT2D eigenvalue weighted by molar-refractivity contribution is -0.324. The van der Waals surface area contributed by atoms with Gasteiger partial charge in [0, 0.05) is 45.0 Å². The van der Waals surface area contributed by atoms with Crippen LogP contribution in [0.25, 0.3) is 0 Å². The molecule has 0 aromatic heterocycles. The molecule has 11 atom stereocenters. The fraction of sp³-hybridized carbons (Fsp3) is 0.854. The van der Waals surface area contributed by atoms with E-state index in [4.69, 9.17) is 18.9 Å². The monoisotopic (exact) mass is 659 g/mol. The van der Waals surface area contributed by atoms with Gasteiger partial charge in [-0.1, -0.05) is 93.7 Å². The van der Waals surface area contributed by atoms with Crippen LogP contribution in [0.3, 0.4) is 0 Å².